The Morgan fingerprint density at radius 1 is 1.37 bits per heavy atom. The largest absolute Gasteiger partial charge is 0.481 e. The van der Waals surface area contributed by atoms with Crippen molar-refractivity contribution in [2.24, 2.45) is 5.41 Å². The number of aromatic nitrogens is 1. The molecule has 2 N–H and O–H groups in total. The van der Waals surface area contributed by atoms with Crippen LogP contribution in [0.25, 0.3) is 10.9 Å². The molecule has 2 rings (SSSR count). The van der Waals surface area contributed by atoms with Crippen LogP contribution in [-0.2, 0) is 4.79 Å². The maximum absolute atomic E-state index is 12.2. The van der Waals surface area contributed by atoms with E-state index in [1.54, 1.807) is 24.4 Å². The van der Waals surface area contributed by atoms with Crippen LogP contribution in [0.4, 0.5) is 0 Å². The molecule has 4 nitrogen and oxygen atoms in total. The molecule has 0 radical (unpaired) electrons. The first-order chi connectivity index (χ1) is 8.81. The summed E-state index contributed by atoms with van der Waals surface area (Å²) in [6.07, 6.45) is 1.54. The van der Waals surface area contributed by atoms with Crippen molar-refractivity contribution in [1.29, 1.82) is 0 Å². The number of nitrogens with one attached hydrogen (secondary N) is 1. The SMILES string of the molecule is CC(C)(CC(=O)c1c[nH]c2ccc(Cl)cc12)C(=O)O. The summed E-state index contributed by atoms with van der Waals surface area (Å²) < 4.78 is 0. The van der Waals surface area contributed by atoms with Gasteiger partial charge in [0, 0.05) is 34.1 Å². The van der Waals surface area contributed by atoms with E-state index < -0.39 is 11.4 Å². The number of carbonyl (C=O) groups is 2. The molecule has 1 aromatic heterocycles. The molecule has 0 saturated carbocycles. The number of hydrogen-bond donors (Lipinski definition) is 2. The third-order valence-corrected chi connectivity index (χ3v) is 3.36. The van der Waals surface area contributed by atoms with Crippen LogP contribution in [0, 0.1) is 5.41 Å². The van der Waals surface area contributed by atoms with E-state index in [2.05, 4.69) is 4.98 Å². The fourth-order valence-electron chi connectivity index (χ4n) is 1.90. The molecule has 2 aromatic rings. The van der Waals surface area contributed by atoms with Crippen molar-refractivity contribution >= 4 is 34.3 Å². The zero-order valence-corrected chi connectivity index (χ0v) is 11.4. The molecule has 0 aliphatic rings. The van der Waals surface area contributed by atoms with Crippen LogP contribution in [0.1, 0.15) is 30.6 Å². The van der Waals surface area contributed by atoms with Gasteiger partial charge < -0.3 is 10.1 Å². The van der Waals surface area contributed by atoms with Gasteiger partial charge in [0.25, 0.3) is 0 Å². The molecule has 0 bridgehead atoms. The van der Waals surface area contributed by atoms with Gasteiger partial charge in [-0.2, -0.15) is 0 Å². The summed E-state index contributed by atoms with van der Waals surface area (Å²) >= 11 is 5.92. The molecule has 0 unspecified atom stereocenters. The highest BCUT2D eigenvalue weighted by atomic mass is 35.5. The van der Waals surface area contributed by atoms with E-state index in [0.29, 0.717) is 10.6 Å². The molecule has 1 aromatic carbocycles. The summed E-state index contributed by atoms with van der Waals surface area (Å²) in [5, 5.41) is 10.3. The fraction of sp³-hybridized carbons (Fsp3) is 0.286. The number of H-pyrrole nitrogens is 1. The van der Waals surface area contributed by atoms with Gasteiger partial charge in [0.2, 0.25) is 0 Å². The highest BCUT2D eigenvalue weighted by Crippen LogP contribution is 2.28. The van der Waals surface area contributed by atoms with Crippen LogP contribution < -0.4 is 0 Å². The normalized spacial score (nSPS) is 11.7. The number of carbonyl (C=O) groups excluding carboxylic acids is 1. The number of aromatic amines is 1. The number of hydrogen-bond acceptors (Lipinski definition) is 2. The number of rotatable bonds is 4. The first-order valence-electron chi connectivity index (χ1n) is 5.84. The predicted molar refractivity (Wildman–Crippen MR) is 73.7 cm³/mol. The van der Waals surface area contributed by atoms with Crippen LogP contribution in [0.2, 0.25) is 5.02 Å². The highest BCUT2D eigenvalue weighted by Gasteiger charge is 2.31. The molecule has 0 amide bonds. The lowest BCUT2D eigenvalue weighted by Crippen LogP contribution is -2.26. The Kier molecular flexibility index (Phi) is 3.37. The van der Waals surface area contributed by atoms with Gasteiger partial charge in [-0.25, -0.2) is 0 Å². The number of aliphatic carboxylic acids is 1. The standard InChI is InChI=1S/C14H14ClNO3/c1-14(2,13(18)19)6-12(17)10-7-16-11-4-3-8(15)5-9(10)11/h3-5,7,16H,6H2,1-2H3,(H,18,19). The summed E-state index contributed by atoms with van der Waals surface area (Å²) in [6.45, 7) is 3.07. The van der Waals surface area contributed by atoms with Crippen molar-refractivity contribution in [3.63, 3.8) is 0 Å². The first kappa shape index (κ1) is 13.6. The van der Waals surface area contributed by atoms with Crippen LogP contribution in [0.15, 0.2) is 24.4 Å². The molecule has 0 spiro atoms. The second kappa shape index (κ2) is 4.70. The lowest BCUT2D eigenvalue weighted by Gasteiger charge is -2.17. The van der Waals surface area contributed by atoms with Crippen LogP contribution in [0.5, 0.6) is 0 Å². The van der Waals surface area contributed by atoms with Gasteiger partial charge in [-0.05, 0) is 32.0 Å². The van der Waals surface area contributed by atoms with Gasteiger partial charge in [0.1, 0.15) is 0 Å². The number of benzene rings is 1. The summed E-state index contributed by atoms with van der Waals surface area (Å²) in [5.41, 5.74) is 0.201. The maximum Gasteiger partial charge on any atom is 0.309 e. The topological polar surface area (TPSA) is 70.2 Å². The highest BCUT2D eigenvalue weighted by molar-refractivity contribution is 6.31. The third kappa shape index (κ3) is 2.63. The molecular weight excluding hydrogens is 266 g/mol. The molecule has 19 heavy (non-hydrogen) atoms. The molecule has 1 heterocycles. The van der Waals surface area contributed by atoms with Crippen molar-refractivity contribution in [3.05, 3.63) is 35.0 Å². The maximum atomic E-state index is 12.2. The smallest absolute Gasteiger partial charge is 0.309 e. The van der Waals surface area contributed by atoms with Gasteiger partial charge in [0.15, 0.2) is 5.78 Å². The van der Waals surface area contributed by atoms with Crippen molar-refractivity contribution < 1.29 is 14.7 Å². The van der Waals surface area contributed by atoms with E-state index in [-0.39, 0.29) is 12.2 Å². The minimum atomic E-state index is -1.08. The number of Topliss-reactive ketones (excluding diaryl/α,β-unsaturated/α-hetero) is 1. The van der Waals surface area contributed by atoms with Crippen LogP contribution in [-0.4, -0.2) is 21.8 Å². The van der Waals surface area contributed by atoms with Crippen LogP contribution >= 0.6 is 11.6 Å². The monoisotopic (exact) mass is 279 g/mol. The molecular formula is C14H14ClNO3. The molecule has 5 heteroatoms. The average molecular weight is 280 g/mol. The van der Waals surface area contributed by atoms with E-state index in [0.717, 1.165) is 10.9 Å². The van der Waals surface area contributed by atoms with E-state index in [1.807, 2.05) is 0 Å². The van der Waals surface area contributed by atoms with Gasteiger partial charge in [-0.15, -0.1) is 0 Å². The van der Waals surface area contributed by atoms with Crippen molar-refractivity contribution in [3.8, 4) is 0 Å². The lowest BCUT2D eigenvalue weighted by atomic mass is 9.85. The second-order valence-electron chi connectivity index (χ2n) is 5.18. The minimum Gasteiger partial charge on any atom is -0.481 e. The number of carboxylic acid groups (broad SMARTS) is 1. The molecule has 0 aliphatic heterocycles. The molecule has 0 saturated heterocycles. The molecule has 0 aliphatic carbocycles. The predicted octanol–water partition coefficient (Wildman–Crippen LogP) is 3.50. The molecule has 100 valence electrons. The van der Waals surface area contributed by atoms with Crippen molar-refractivity contribution in [1.82, 2.24) is 4.98 Å². The Balaban J connectivity index is 2.37. The van der Waals surface area contributed by atoms with E-state index in [9.17, 15) is 9.59 Å². The van der Waals surface area contributed by atoms with Gasteiger partial charge in [-0.1, -0.05) is 11.6 Å². The number of halogens is 1. The Bertz CT molecular complexity index is 658. The summed E-state index contributed by atoms with van der Waals surface area (Å²) in [4.78, 5) is 26.3. The van der Waals surface area contributed by atoms with Crippen LogP contribution in [0.3, 0.4) is 0 Å². The summed E-state index contributed by atoms with van der Waals surface area (Å²) in [7, 11) is 0. The quantitative estimate of drug-likeness (QED) is 0.842. The third-order valence-electron chi connectivity index (χ3n) is 3.13. The first-order valence-corrected chi connectivity index (χ1v) is 6.22. The Morgan fingerprint density at radius 3 is 2.68 bits per heavy atom. The van der Waals surface area contributed by atoms with E-state index >= 15 is 0 Å². The van der Waals surface area contributed by atoms with Gasteiger partial charge >= 0.3 is 5.97 Å². The van der Waals surface area contributed by atoms with Crippen molar-refractivity contribution in [2.75, 3.05) is 0 Å². The zero-order valence-electron chi connectivity index (χ0n) is 10.7. The Morgan fingerprint density at radius 2 is 2.05 bits per heavy atom. The van der Waals surface area contributed by atoms with Gasteiger partial charge in [-0.3, -0.25) is 9.59 Å². The number of ketones is 1. The number of fused-ring (bicyclic) bond motifs is 1. The van der Waals surface area contributed by atoms with E-state index in [4.69, 9.17) is 16.7 Å². The minimum absolute atomic E-state index is 0.0538. The molecule has 0 atom stereocenters. The van der Waals surface area contributed by atoms with E-state index in [1.165, 1.54) is 13.8 Å². The number of carboxylic acids is 1. The van der Waals surface area contributed by atoms with Crippen molar-refractivity contribution in [2.45, 2.75) is 20.3 Å². The average Bonchev–Trinajstić information content (AvgIpc) is 2.70. The molecule has 0 fully saturated rings. The fourth-order valence-corrected chi connectivity index (χ4v) is 2.07. The summed E-state index contributed by atoms with van der Waals surface area (Å²) in [5.74, 6) is -1.19. The zero-order chi connectivity index (χ0) is 14.2. The van der Waals surface area contributed by atoms with Gasteiger partial charge in [0.05, 0.1) is 5.41 Å². The Hall–Kier alpha value is -1.81. The summed E-state index contributed by atoms with van der Waals surface area (Å²) in [6, 6.07) is 5.22. The Labute approximate surface area is 115 Å². The second-order valence-corrected chi connectivity index (χ2v) is 5.62. The lowest BCUT2D eigenvalue weighted by molar-refractivity contribution is -0.146.